The number of nitrogens with zero attached hydrogens (tertiary/aromatic N) is 9. The minimum atomic E-state index is -1.30. The Morgan fingerprint density at radius 2 is 1.38 bits per heavy atom. The van der Waals surface area contributed by atoms with Crippen molar-refractivity contribution in [2.45, 2.75) is 76.3 Å². The maximum absolute atomic E-state index is 15.7. The summed E-state index contributed by atoms with van der Waals surface area (Å²) in [6, 6.07) is 16.7. The molecule has 10 heterocycles. The zero-order valence-electron chi connectivity index (χ0n) is 49.6. The first-order chi connectivity index (χ1) is 44.4. The lowest BCUT2D eigenvalue weighted by molar-refractivity contribution is -0.134. The van der Waals surface area contributed by atoms with Gasteiger partial charge in [-0.05, 0) is 37.1 Å². The van der Waals surface area contributed by atoms with Crippen molar-refractivity contribution in [1.29, 1.82) is 0 Å². The molecule has 8 N–H and O–H groups in total. The summed E-state index contributed by atoms with van der Waals surface area (Å²) in [5.41, 5.74) is 15.7. The Balaban J connectivity index is 0.953. The highest BCUT2D eigenvalue weighted by Crippen LogP contribution is 2.44. The number of aromatic nitrogens is 7. The van der Waals surface area contributed by atoms with Crippen LogP contribution in [-0.4, -0.2) is 149 Å². The lowest BCUT2D eigenvalue weighted by atomic mass is 9.90. The van der Waals surface area contributed by atoms with E-state index in [1.807, 2.05) is 43.5 Å². The number of benzene rings is 2. The number of aryl methyl sites for hydroxylation is 2. The molecule has 24 nitrogen and oxygen atoms in total. The van der Waals surface area contributed by atoms with E-state index in [-0.39, 0.29) is 58.6 Å². The van der Waals surface area contributed by atoms with Crippen molar-refractivity contribution in [2.75, 3.05) is 45.9 Å². The van der Waals surface area contributed by atoms with Gasteiger partial charge in [-0.25, -0.2) is 39.7 Å². The molecule has 3 aliphatic rings. The van der Waals surface area contributed by atoms with Crippen molar-refractivity contribution in [3.05, 3.63) is 153 Å². The Morgan fingerprint density at radius 1 is 0.717 bits per heavy atom. The Morgan fingerprint density at radius 3 is 2.13 bits per heavy atom. The number of aliphatic hydroxyl groups excluding tert-OH is 1. The second-order valence-corrected chi connectivity index (χ2v) is 27.9. The van der Waals surface area contributed by atoms with E-state index in [4.69, 9.17) is 50.8 Å². The number of pyridine rings is 1. The average molecular weight is 1350 g/mol. The molecule has 12 rings (SSSR count). The van der Waals surface area contributed by atoms with Crippen LogP contribution in [0, 0.1) is 19.8 Å². The number of morpholine rings is 1. The van der Waals surface area contributed by atoms with E-state index in [0.717, 1.165) is 58.2 Å². The molecule has 0 radical (unpaired) electrons. The van der Waals surface area contributed by atoms with Crippen LogP contribution in [0.2, 0.25) is 0 Å². The number of alkyl carbamates (subject to hydrolysis) is 1. The minimum absolute atomic E-state index is 0.00977. The van der Waals surface area contributed by atoms with Gasteiger partial charge in [0.15, 0.2) is 5.78 Å². The molecule has 10 bridgehead atoms. The van der Waals surface area contributed by atoms with Crippen LogP contribution >= 0.6 is 68.0 Å². The van der Waals surface area contributed by atoms with Gasteiger partial charge in [0.1, 0.15) is 77.0 Å². The van der Waals surface area contributed by atoms with E-state index < -0.39 is 83.6 Å². The normalized spacial score (nSPS) is 20.2. The lowest BCUT2D eigenvalue weighted by Gasteiger charge is -2.29. The molecule has 0 spiro atoms. The van der Waals surface area contributed by atoms with Gasteiger partial charge in [-0.2, -0.15) is 0 Å². The van der Waals surface area contributed by atoms with Gasteiger partial charge in [-0.1, -0.05) is 67.1 Å². The molecule has 0 saturated carbocycles. The zero-order valence-corrected chi connectivity index (χ0v) is 54.5. The third-order valence-corrected chi connectivity index (χ3v) is 21.5. The number of fused-ring (bicyclic) bond motifs is 16. The summed E-state index contributed by atoms with van der Waals surface area (Å²) in [5.74, 6) is -5.34. The first-order valence-electron chi connectivity index (χ1n) is 29.2. The Hall–Kier alpha value is -8.46. The lowest BCUT2D eigenvalue weighted by Crippen LogP contribution is -2.50. The first-order valence-corrected chi connectivity index (χ1v) is 34.5. The van der Waals surface area contributed by atoms with Gasteiger partial charge in [0, 0.05) is 88.2 Å². The smallest absolute Gasteiger partial charge is 0.407 e. The molecule has 474 valence electrons. The van der Waals surface area contributed by atoms with E-state index >= 15 is 4.79 Å². The minimum Gasteiger partial charge on any atom is -0.444 e. The fourth-order valence-electron chi connectivity index (χ4n) is 11.1. The van der Waals surface area contributed by atoms with Gasteiger partial charge in [0.05, 0.1) is 55.1 Å². The molecule has 6 amide bonds. The summed E-state index contributed by atoms with van der Waals surface area (Å²) in [7, 11) is 0. The summed E-state index contributed by atoms with van der Waals surface area (Å²) in [4.78, 5) is 136. The van der Waals surface area contributed by atoms with Crippen LogP contribution < -0.4 is 27.4 Å². The molecule has 0 aliphatic carbocycles. The number of primary amides is 2. The Labute approximate surface area is 550 Å². The number of carbonyl (C=O) groups excluding carboxylic acids is 7. The molecule has 0 unspecified atom stereocenters. The highest BCUT2D eigenvalue weighted by Gasteiger charge is 2.48. The number of hydrogen-bond acceptors (Lipinski definition) is 24. The summed E-state index contributed by atoms with van der Waals surface area (Å²) in [6.45, 7) is 9.05. The molecule has 92 heavy (non-hydrogen) atoms. The molecule has 2 aromatic carbocycles. The van der Waals surface area contributed by atoms with Crippen LogP contribution in [0.5, 0.6) is 0 Å². The number of Topliss-reactive ketones (excluding diaryl/α,β-unsaturated/α-hetero) is 1. The second kappa shape index (κ2) is 27.8. The molecule has 2 fully saturated rings. The van der Waals surface area contributed by atoms with E-state index in [1.54, 1.807) is 65.0 Å². The number of amides is 6. The zero-order chi connectivity index (χ0) is 64.3. The van der Waals surface area contributed by atoms with Crippen molar-refractivity contribution in [2.24, 2.45) is 17.4 Å². The topological polar surface area (TPSA) is 343 Å². The maximum atomic E-state index is 15.7. The van der Waals surface area contributed by atoms with Crippen molar-refractivity contribution in [3.8, 4) is 43.4 Å². The fraction of sp³-hybridized carbons (Fsp3) is 0.323. The quantitative estimate of drug-likeness (QED) is 0.0675. The first kappa shape index (κ1) is 63.7. The van der Waals surface area contributed by atoms with E-state index in [0.29, 0.717) is 85.1 Å². The van der Waals surface area contributed by atoms with Gasteiger partial charge < -0.3 is 46.9 Å². The number of carbonyl (C=O) groups is 7. The van der Waals surface area contributed by atoms with Crippen LogP contribution in [0.4, 0.5) is 4.79 Å². The van der Waals surface area contributed by atoms with Crippen molar-refractivity contribution in [1.82, 2.24) is 60.6 Å². The second-order valence-electron chi connectivity index (χ2n) is 22.3. The molecule has 3 aliphatic heterocycles. The molecular weight excluding hydrogens is 1290 g/mol. The van der Waals surface area contributed by atoms with Gasteiger partial charge in [-0.3, -0.25) is 33.7 Å². The number of thiazole rings is 6. The number of hydrogen-bond donors (Lipinski definition) is 6. The average Bonchev–Trinajstić information content (AvgIpc) is 1.70. The van der Waals surface area contributed by atoms with Crippen molar-refractivity contribution >= 4 is 109 Å². The summed E-state index contributed by atoms with van der Waals surface area (Å²) >= 11 is 7.06. The summed E-state index contributed by atoms with van der Waals surface area (Å²) < 4.78 is 11.7. The van der Waals surface area contributed by atoms with Gasteiger partial charge >= 0.3 is 6.09 Å². The van der Waals surface area contributed by atoms with Gasteiger partial charge in [0.2, 0.25) is 11.8 Å². The number of rotatable bonds is 12. The maximum Gasteiger partial charge on any atom is 0.407 e. The molecule has 7 aromatic heterocycles. The number of aliphatic hydroxyl groups is 1. The van der Waals surface area contributed by atoms with Gasteiger partial charge in [0.25, 0.3) is 17.7 Å². The van der Waals surface area contributed by atoms with Crippen LogP contribution in [0.15, 0.2) is 93.6 Å². The van der Waals surface area contributed by atoms with Crippen molar-refractivity contribution < 1.29 is 48.1 Å². The molecule has 30 heteroatoms. The fourth-order valence-corrected chi connectivity index (χ4v) is 16.5. The number of nitrogens with one attached hydrogen (secondary N) is 3. The molecule has 2 saturated heterocycles. The van der Waals surface area contributed by atoms with E-state index in [1.165, 1.54) is 44.8 Å². The number of nitrogens with two attached hydrogens (primary N) is 2. The molecular formula is C62H60N14O10S6. The van der Waals surface area contributed by atoms with Crippen LogP contribution in [-0.2, 0) is 25.5 Å². The standard InChI is InChI=1S/C62H60N14O10S6/c1-30-9-11-33(12-10-30)21-39-61(83)76-24-46(86-62(84)65-15-16-75-17-19-85-20-18-75)31(2)50(76)60-73-44(29-91-60)58-69-40(25-89-58)49-35(13-14-37(66-49)57-70-41(26-90-57)52(64)80)55-71-42(27-87-55)53(81)67-38(23-47(63)78)59-74-48(32(3)92-59)45(77)22-36(51(79)34-7-5-4-6-8-34)56-72-43(28-88-56)54(82)68-39/h4-14,25-29,31,36,38-39,46,50-51,79H,15-24H2,1-3H3,(H2,63,78)(H2,64,80)(H,65,84)(H,67,81)(H,68,82)/t31-,36-,38-,39-,46-,50-,51+/m0/s1. The predicted octanol–water partition coefficient (Wildman–Crippen LogP) is 7.94. The van der Waals surface area contributed by atoms with Crippen molar-refractivity contribution in [3.63, 3.8) is 0 Å². The SMILES string of the molecule is Cc1ccc(C[C@@H]2NC(=O)c3csc(n3)[C@H]([C@H](O)c3ccccc3)CC(=O)c3nc(sc3C)[C@H](CC(N)=O)NC(=O)c3csc(n3)-c3ccc(-c4nc(C(N)=O)cs4)nc3-c3csc(n3)-c3csc(n3)[C@@H]3[C@@H](C)[C@@H](OC(=O)NCCN4CCOCC4)CN3C2=O)cc1. The number of ketones is 1. The third-order valence-electron chi connectivity index (χ3n) is 16.0. The van der Waals surface area contributed by atoms with E-state index in [9.17, 15) is 33.9 Å². The predicted molar refractivity (Wildman–Crippen MR) is 349 cm³/mol. The molecule has 9 aromatic rings. The van der Waals surface area contributed by atoms with Crippen LogP contribution in [0.25, 0.3) is 43.4 Å². The van der Waals surface area contributed by atoms with Crippen LogP contribution in [0.1, 0.15) is 122 Å². The highest BCUT2D eigenvalue weighted by atomic mass is 32.1. The highest BCUT2D eigenvalue weighted by molar-refractivity contribution is 7.15. The summed E-state index contributed by atoms with van der Waals surface area (Å²) in [5, 5.41) is 31.4. The van der Waals surface area contributed by atoms with E-state index in [2.05, 4.69) is 25.8 Å². The van der Waals surface area contributed by atoms with Crippen LogP contribution in [0.3, 0.4) is 0 Å². The largest absolute Gasteiger partial charge is 0.444 e. The molecule has 7 atom stereocenters. The third kappa shape index (κ3) is 14.1. The Kier molecular flexibility index (Phi) is 19.2. The Bertz CT molecular complexity index is 4230. The summed E-state index contributed by atoms with van der Waals surface area (Å²) in [6.07, 6.45) is -3.44. The number of ether oxygens (including phenoxy) is 2. The van der Waals surface area contributed by atoms with Gasteiger partial charge in [-0.15, -0.1) is 68.0 Å². The monoisotopic (exact) mass is 1350 g/mol.